The first-order chi connectivity index (χ1) is 13.1. The Morgan fingerprint density at radius 3 is 2.89 bits per heavy atom. The number of nitrogens with one attached hydrogen (secondary N) is 1. The van der Waals surface area contributed by atoms with Crippen LogP contribution < -0.4 is 10.2 Å². The Kier molecular flexibility index (Phi) is 6.71. The fraction of sp³-hybridized carbons (Fsp3) is 0.737. The summed E-state index contributed by atoms with van der Waals surface area (Å²) in [4.78, 5) is 23.3. The summed E-state index contributed by atoms with van der Waals surface area (Å²) < 4.78 is 1.72. The number of aryl methyl sites for hydroxylation is 1. The normalized spacial score (nSPS) is 22.4. The van der Waals surface area contributed by atoms with Gasteiger partial charge < -0.3 is 20.0 Å². The molecule has 1 atom stereocenters. The third kappa shape index (κ3) is 5.22. The van der Waals surface area contributed by atoms with E-state index >= 15 is 0 Å². The maximum absolute atomic E-state index is 12.6. The van der Waals surface area contributed by atoms with Gasteiger partial charge in [-0.2, -0.15) is 5.10 Å². The summed E-state index contributed by atoms with van der Waals surface area (Å²) >= 11 is 0. The number of amides is 1. The largest absolute Gasteiger partial charge is 0.356 e. The number of carbonyl (C=O) groups is 1. The van der Waals surface area contributed by atoms with Crippen molar-refractivity contribution in [2.45, 2.75) is 26.2 Å². The molecule has 8 nitrogen and oxygen atoms in total. The van der Waals surface area contributed by atoms with E-state index in [1.54, 1.807) is 22.8 Å². The second-order valence-electron chi connectivity index (χ2n) is 7.71. The number of nitrogens with zero attached hydrogens (tertiary/aromatic N) is 6. The van der Waals surface area contributed by atoms with Crippen LogP contribution >= 0.6 is 0 Å². The van der Waals surface area contributed by atoms with Gasteiger partial charge in [0.2, 0.25) is 5.91 Å². The van der Waals surface area contributed by atoms with Crippen molar-refractivity contribution in [1.29, 1.82) is 0 Å². The number of anilines is 1. The van der Waals surface area contributed by atoms with Gasteiger partial charge in [-0.3, -0.25) is 14.5 Å². The average molecular weight is 376 g/mol. The summed E-state index contributed by atoms with van der Waals surface area (Å²) in [6.45, 7) is 8.56. The lowest BCUT2D eigenvalue weighted by atomic mass is 10.0. The topological polar surface area (TPSA) is 69.0 Å². The molecule has 0 saturated carbocycles. The van der Waals surface area contributed by atoms with Gasteiger partial charge in [0.05, 0.1) is 11.9 Å². The first-order valence-corrected chi connectivity index (χ1v) is 10.0. The smallest absolute Gasteiger partial charge is 0.246 e. The molecule has 2 aliphatic rings. The van der Waals surface area contributed by atoms with Crippen molar-refractivity contribution in [2.24, 2.45) is 18.0 Å². The molecule has 27 heavy (non-hydrogen) atoms. The van der Waals surface area contributed by atoms with Crippen LogP contribution in [0.5, 0.6) is 0 Å². The number of aliphatic imine (C=N–C) groups is 1. The van der Waals surface area contributed by atoms with E-state index in [4.69, 9.17) is 0 Å². The number of carbonyl (C=O) groups excluding carboxylic acids is 1. The van der Waals surface area contributed by atoms with Gasteiger partial charge in [-0.15, -0.1) is 0 Å². The molecule has 1 unspecified atom stereocenters. The summed E-state index contributed by atoms with van der Waals surface area (Å²) in [6.07, 6.45) is 7.39. The van der Waals surface area contributed by atoms with Crippen LogP contribution in [0.2, 0.25) is 0 Å². The van der Waals surface area contributed by atoms with E-state index in [1.165, 1.54) is 25.9 Å². The second-order valence-corrected chi connectivity index (χ2v) is 7.71. The highest BCUT2D eigenvalue weighted by molar-refractivity contribution is 5.98. The molecular weight excluding hydrogens is 342 g/mol. The van der Waals surface area contributed by atoms with E-state index in [0.29, 0.717) is 13.1 Å². The van der Waals surface area contributed by atoms with Crippen molar-refractivity contribution in [2.75, 3.05) is 57.8 Å². The number of hydrogen-bond donors (Lipinski definition) is 1. The Labute approximate surface area is 162 Å². The molecule has 150 valence electrons. The minimum Gasteiger partial charge on any atom is -0.356 e. The van der Waals surface area contributed by atoms with Gasteiger partial charge in [-0.25, -0.2) is 0 Å². The van der Waals surface area contributed by atoms with Crippen LogP contribution in [0.15, 0.2) is 17.4 Å². The number of hydrogen-bond acceptors (Lipinski definition) is 4. The zero-order valence-corrected chi connectivity index (χ0v) is 16.9. The van der Waals surface area contributed by atoms with Crippen LogP contribution in [0.3, 0.4) is 0 Å². The van der Waals surface area contributed by atoms with Gasteiger partial charge in [0.25, 0.3) is 0 Å². The Morgan fingerprint density at radius 1 is 1.37 bits per heavy atom. The van der Waals surface area contributed by atoms with Gasteiger partial charge in [0.1, 0.15) is 6.54 Å². The third-order valence-electron chi connectivity index (χ3n) is 5.41. The third-order valence-corrected chi connectivity index (χ3v) is 5.41. The lowest BCUT2D eigenvalue weighted by Gasteiger charge is -2.35. The van der Waals surface area contributed by atoms with Gasteiger partial charge >= 0.3 is 0 Å². The minimum atomic E-state index is 0.0829. The van der Waals surface area contributed by atoms with Crippen molar-refractivity contribution < 1.29 is 4.79 Å². The Hall–Kier alpha value is -2.09. The van der Waals surface area contributed by atoms with Crippen molar-refractivity contribution in [3.8, 4) is 0 Å². The zero-order chi connectivity index (χ0) is 19.2. The SMILES string of the molecule is CN=C(NCCCN1CCCC(C)C1)N1CCN(c2cnn(C)c2)C(=O)C1. The fourth-order valence-corrected chi connectivity index (χ4v) is 4.00. The summed E-state index contributed by atoms with van der Waals surface area (Å²) in [5, 5.41) is 7.59. The number of rotatable bonds is 5. The molecule has 3 rings (SSSR count). The number of aromatic nitrogens is 2. The van der Waals surface area contributed by atoms with Crippen molar-refractivity contribution in [1.82, 2.24) is 24.9 Å². The van der Waals surface area contributed by atoms with Crippen LogP contribution in [0.4, 0.5) is 5.69 Å². The van der Waals surface area contributed by atoms with E-state index < -0.39 is 0 Å². The maximum Gasteiger partial charge on any atom is 0.246 e. The number of piperazine rings is 1. The van der Waals surface area contributed by atoms with Crippen molar-refractivity contribution >= 4 is 17.6 Å². The molecule has 1 amide bonds. The number of piperidine rings is 1. The lowest BCUT2D eigenvalue weighted by Crippen LogP contribution is -2.55. The van der Waals surface area contributed by atoms with Crippen LogP contribution in [-0.2, 0) is 11.8 Å². The van der Waals surface area contributed by atoms with Gasteiger partial charge in [-0.05, 0) is 38.3 Å². The van der Waals surface area contributed by atoms with E-state index in [1.807, 2.05) is 18.1 Å². The van der Waals surface area contributed by atoms with E-state index in [-0.39, 0.29) is 5.91 Å². The molecule has 1 aromatic rings. The molecule has 0 spiro atoms. The van der Waals surface area contributed by atoms with E-state index in [2.05, 4.69) is 27.2 Å². The summed E-state index contributed by atoms with van der Waals surface area (Å²) in [5.41, 5.74) is 0.862. The Balaban J connectivity index is 1.42. The molecule has 1 N–H and O–H groups in total. The maximum atomic E-state index is 12.6. The van der Waals surface area contributed by atoms with Crippen LogP contribution in [0, 0.1) is 5.92 Å². The number of likely N-dealkylation sites (tertiary alicyclic amines) is 1. The minimum absolute atomic E-state index is 0.0829. The predicted octanol–water partition coefficient (Wildman–Crippen LogP) is 0.766. The molecule has 0 aliphatic carbocycles. The molecule has 0 aromatic carbocycles. The molecule has 0 bridgehead atoms. The molecular formula is C19H33N7O. The lowest BCUT2D eigenvalue weighted by molar-refractivity contribution is -0.120. The van der Waals surface area contributed by atoms with Gasteiger partial charge in [0, 0.05) is 46.5 Å². The predicted molar refractivity (Wildman–Crippen MR) is 108 cm³/mol. The Morgan fingerprint density at radius 2 is 2.22 bits per heavy atom. The highest BCUT2D eigenvalue weighted by atomic mass is 16.2. The second kappa shape index (κ2) is 9.21. The van der Waals surface area contributed by atoms with E-state index in [0.717, 1.165) is 43.6 Å². The summed E-state index contributed by atoms with van der Waals surface area (Å²) in [6, 6.07) is 0. The molecule has 1 aromatic heterocycles. The van der Waals surface area contributed by atoms with Crippen LogP contribution in [0.1, 0.15) is 26.2 Å². The van der Waals surface area contributed by atoms with Gasteiger partial charge in [-0.1, -0.05) is 6.92 Å². The average Bonchev–Trinajstić information content (AvgIpc) is 3.08. The summed E-state index contributed by atoms with van der Waals surface area (Å²) in [7, 11) is 3.65. The molecule has 3 heterocycles. The monoisotopic (exact) mass is 375 g/mol. The van der Waals surface area contributed by atoms with Gasteiger partial charge in [0.15, 0.2) is 5.96 Å². The highest BCUT2D eigenvalue weighted by Crippen LogP contribution is 2.16. The van der Waals surface area contributed by atoms with Crippen LogP contribution in [0.25, 0.3) is 0 Å². The first-order valence-electron chi connectivity index (χ1n) is 10.0. The highest BCUT2D eigenvalue weighted by Gasteiger charge is 2.27. The van der Waals surface area contributed by atoms with Crippen molar-refractivity contribution in [3.63, 3.8) is 0 Å². The zero-order valence-electron chi connectivity index (χ0n) is 16.9. The van der Waals surface area contributed by atoms with Crippen molar-refractivity contribution in [3.05, 3.63) is 12.4 Å². The molecule has 2 fully saturated rings. The molecule has 2 saturated heterocycles. The Bertz CT molecular complexity index is 656. The van der Waals surface area contributed by atoms with E-state index in [9.17, 15) is 4.79 Å². The van der Waals surface area contributed by atoms with Crippen LogP contribution in [-0.4, -0.2) is 84.3 Å². The fourth-order valence-electron chi connectivity index (χ4n) is 4.00. The molecule has 8 heteroatoms. The number of guanidine groups is 1. The quantitative estimate of drug-likeness (QED) is 0.468. The first kappa shape index (κ1) is 19.7. The summed E-state index contributed by atoms with van der Waals surface area (Å²) in [5.74, 6) is 1.72. The molecule has 0 radical (unpaired) electrons. The molecule has 2 aliphatic heterocycles. The standard InChI is InChI=1S/C19H33N7O/c1-16-6-4-8-24(13-16)9-5-7-21-19(20-2)25-10-11-26(18(27)15-25)17-12-22-23(3)14-17/h12,14,16H,4-11,13,15H2,1-3H3,(H,20,21).